The maximum Gasteiger partial charge on any atom is 0.407 e. The van der Waals surface area contributed by atoms with Gasteiger partial charge in [-0.15, -0.1) is 11.3 Å². The summed E-state index contributed by atoms with van der Waals surface area (Å²) in [6, 6.07) is 0.125. The number of fused-ring (bicyclic) bond motifs is 3. The van der Waals surface area contributed by atoms with E-state index >= 15 is 0 Å². The van der Waals surface area contributed by atoms with E-state index in [2.05, 4.69) is 22.2 Å². The van der Waals surface area contributed by atoms with E-state index in [1.807, 2.05) is 20.8 Å². The van der Waals surface area contributed by atoms with Gasteiger partial charge in [0.1, 0.15) is 22.9 Å². The van der Waals surface area contributed by atoms with Gasteiger partial charge in [0.15, 0.2) is 0 Å². The van der Waals surface area contributed by atoms with Crippen molar-refractivity contribution in [2.24, 2.45) is 0 Å². The molecule has 2 aromatic rings. The summed E-state index contributed by atoms with van der Waals surface area (Å²) in [7, 11) is 1.78. The molecule has 32 heavy (non-hydrogen) atoms. The van der Waals surface area contributed by atoms with Crippen LogP contribution >= 0.6 is 11.3 Å². The lowest BCUT2D eigenvalue weighted by Gasteiger charge is -2.30. The molecule has 0 radical (unpaired) electrons. The van der Waals surface area contributed by atoms with Gasteiger partial charge in [0.25, 0.3) is 0 Å². The normalized spacial score (nSPS) is 24.2. The summed E-state index contributed by atoms with van der Waals surface area (Å²) in [5, 5.41) is 4.10. The lowest BCUT2D eigenvalue weighted by molar-refractivity contribution is 0.0470. The van der Waals surface area contributed by atoms with E-state index in [0.29, 0.717) is 11.8 Å². The third-order valence-corrected chi connectivity index (χ3v) is 7.56. The summed E-state index contributed by atoms with van der Waals surface area (Å²) in [6.45, 7) is 7.76. The molecule has 2 aliphatic rings. The van der Waals surface area contributed by atoms with E-state index < -0.39 is 5.60 Å². The highest BCUT2D eigenvalue weighted by atomic mass is 32.1. The summed E-state index contributed by atoms with van der Waals surface area (Å²) in [5.41, 5.74) is 0.896. The second-order valence-corrected chi connectivity index (χ2v) is 11.1. The van der Waals surface area contributed by atoms with Gasteiger partial charge < -0.3 is 19.5 Å². The Labute approximate surface area is 194 Å². The molecule has 0 aromatic carbocycles. The number of ether oxygens (including phenoxy) is 3. The van der Waals surface area contributed by atoms with Crippen LogP contribution in [0.25, 0.3) is 10.2 Å². The van der Waals surface area contributed by atoms with Gasteiger partial charge in [0.2, 0.25) is 5.88 Å². The quantitative estimate of drug-likeness (QED) is 0.623. The molecule has 1 saturated carbocycles. The van der Waals surface area contributed by atoms with Crippen molar-refractivity contribution in [1.29, 1.82) is 0 Å². The molecule has 4 rings (SSSR count). The SMILES string of the molecule is CO[C@H](C)C[C@H]1CCc2sc3ncnc(O[C@H]4CC[C@H](NC(=O)OC(C)(C)C)CC4)c3c21. The van der Waals surface area contributed by atoms with Crippen LogP contribution in [0.5, 0.6) is 5.88 Å². The van der Waals surface area contributed by atoms with Gasteiger partial charge in [-0.05, 0) is 84.1 Å². The fourth-order valence-corrected chi connectivity index (χ4v) is 6.05. The number of carbonyl (C=O) groups excluding carboxylic acids is 1. The number of aryl methyl sites for hydroxylation is 1. The highest BCUT2D eigenvalue weighted by Gasteiger charge is 2.32. The van der Waals surface area contributed by atoms with Crippen molar-refractivity contribution in [3.8, 4) is 5.88 Å². The van der Waals surface area contributed by atoms with Crippen LogP contribution in [0.3, 0.4) is 0 Å². The number of hydrogen-bond donors (Lipinski definition) is 1. The third kappa shape index (κ3) is 5.34. The largest absolute Gasteiger partial charge is 0.474 e. The maximum absolute atomic E-state index is 12.1. The van der Waals surface area contributed by atoms with E-state index in [1.54, 1.807) is 24.8 Å². The molecule has 2 aromatic heterocycles. The van der Waals surface area contributed by atoms with Gasteiger partial charge in [0, 0.05) is 18.0 Å². The number of nitrogens with one attached hydrogen (secondary N) is 1. The predicted molar refractivity (Wildman–Crippen MR) is 126 cm³/mol. The van der Waals surface area contributed by atoms with Crippen molar-refractivity contribution in [1.82, 2.24) is 15.3 Å². The molecule has 7 nitrogen and oxygen atoms in total. The molecule has 1 N–H and O–H groups in total. The molecule has 2 heterocycles. The zero-order chi connectivity index (χ0) is 22.9. The Bertz CT molecular complexity index is 947. The fraction of sp³-hybridized carbons (Fsp3) is 0.708. The first-order valence-corrected chi connectivity index (χ1v) is 12.5. The second kappa shape index (κ2) is 9.51. The first kappa shape index (κ1) is 23.2. The number of amides is 1. The molecule has 176 valence electrons. The van der Waals surface area contributed by atoms with Crippen LogP contribution < -0.4 is 10.1 Å². The lowest BCUT2D eigenvalue weighted by Crippen LogP contribution is -2.42. The van der Waals surface area contributed by atoms with E-state index in [4.69, 9.17) is 14.2 Å². The zero-order valence-corrected chi connectivity index (χ0v) is 20.6. The first-order valence-electron chi connectivity index (χ1n) is 11.7. The average molecular weight is 462 g/mol. The number of carbonyl (C=O) groups is 1. The van der Waals surface area contributed by atoms with Crippen LogP contribution in [0.1, 0.15) is 82.6 Å². The van der Waals surface area contributed by atoms with Gasteiger partial charge in [-0.25, -0.2) is 14.8 Å². The molecule has 0 saturated heterocycles. The van der Waals surface area contributed by atoms with Crippen molar-refractivity contribution in [3.63, 3.8) is 0 Å². The fourth-order valence-electron chi connectivity index (χ4n) is 4.82. The van der Waals surface area contributed by atoms with E-state index in [9.17, 15) is 4.79 Å². The number of thiophene rings is 1. The minimum Gasteiger partial charge on any atom is -0.474 e. The summed E-state index contributed by atoms with van der Waals surface area (Å²) in [6.07, 6.45) is 8.34. The molecule has 2 aliphatic carbocycles. The Hall–Kier alpha value is -1.93. The zero-order valence-electron chi connectivity index (χ0n) is 19.8. The van der Waals surface area contributed by atoms with Crippen LogP contribution in [-0.4, -0.2) is 47.0 Å². The molecule has 1 amide bonds. The Kier molecular flexibility index (Phi) is 6.91. The summed E-state index contributed by atoms with van der Waals surface area (Å²) in [4.78, 5) is 23.6. The lowest BCUT2D eigenvalue weighted by atomic mass is 9.93. The molecule has 0 bridgehead atoms. The number of alkyl carbamates (subject to hydrolysis) is 1. The molecule has 1 fully saturated rings. The molecular weight excluding hydrogens is 426 g/mol. The molecule has 2 atom stereocenters. The van der Waals surface area contributed by atoms with Gasteiger partial charge in [-0.1, -0.05) is 0 Å². The number of methoxy groups -OCH3 is 1. The first-order chi connectivity index (χ1) is 15.2. The Morgan fingerprint density at radius 1 is 1.22 bits per heavy atom. The standard InChI is InChI=1S/C24H35N3O4S/c1-14(29-5)12-15-6-11-18-19(15)20-21(25-13-26-22(20)32-18)30-17-9-7-16(8-10-17)27-23(28)31-24(2,3)4/h13-17H,6-12H2,1-5H3,(H,27,28)/t14-,15-,16-,17-/m1/s1. The summed E-state index contributed by atoms with van der Waals surface area (Å²) >= 11 is 1.78. The molecular formula is C24H35N3O4S. The van der Waals surface area contributed by atoms with Gasteiger partial charge in [-0.2, -0.15) is 0 Å². The van der Waals surface area contributed by atoms with Crippen molar-refractivity contribution < 1.29 is 19.0 Å². The minimum atomic E-state index is -0.484. The summed E-state index contributed by atoms with van der Waals surface area (Å²) < 4.78 is 17.4. The second-order valence-electron chi connectivity index (χ2n) is 10.1. The minimum absolute atomic E-state index is 0.0955. The predicted octanol–water partition coefficient (Wildman–Crippen LogP) is 5.36. The van der Waals surface area contributed by atoms with E-state index in [0.717, 1.165) is 55.2 Å². The van der Waals surface area contributed by atoms with E-state index in [-0.39, 0.29) is 24.3 Å². The average Bonchev–Trinajstić information content (AvgIpc) is 3.28. The molecule has 0 unspecified atom stereocenters. The van der Waals surface area contributed by atoms with Gasteiger partial charge in [0.05, 0.1) is 11.5 Å². The molecule has 8 heteroatoms. The smallest absolute Gasteiger partial charge is 0.407 e. The third-order valence-electron chi connectivity index (χ3n) is 6.39. The Morgan fingerprint density at radius 2 is 1.97 bits per heavy atom. The van der Waals surface area contributed by atoms with Crippen molar-refractivity contribution >= 4 is 27.6 Å². The van der Waals surface area contributed by atoms with Crippen LogP contribution in [0, 0.1) is 0 Å². The van der Waals surface area contributed by atoms with Crippen molar-refractivity contribution in [3.05, 3.63) is 16.8 Å². The van der Waals surface area contributed by atoms with Crippen molar-refractivity contribution in [2.45, 2.75) is 102 Å². The highest BCUT2D eigenvalue weighted by Crippen LogP contribution is 2.47. The van der Waals surface area contributed by atoms with Crippen LogP contribution in [-0.2, 0) is 15.9 Å². The highest BCUT2D eigenvalue weighted by molar-refractivity contribution is 7.19. The summed E-state index contributed by atoms with van der Waals surface area (Å²) in [5.74, 6) is 1.18. The Balaban J connectivity index is 1.42. The Morgan fingerprint density at radius 3 is 2.66 bits per heavy atom. The number of nitrogens with zero attached hydrogens (tertiary/aromatic N) is 2. The van der Waals surface area contributed by atoms with Crippen LogP contribution in [0.4, 0.5) is 4.79 Å². The van der Waals surface area contributed by atoms with E-state index in [1.165, 1.54) is 10.4 Å². The van der Waals surface area contributed by atoms with Crippen LogP contribution in [0.2, 0.25) is 0 Å². The van der Waals surface area contributed by atoms with Gasteiger partial charge in [-0.3, -0.25) is 0 Å². The molecule has 0 aliphatic heterocycles. The van der Waals surface area contributed by atoms with Gasteiger partial charge >= 0.3 is 6.09 Å². The number of rotatable bonds is 6. The maximum atomic E-state index is 12.1. The topological polar surface area (TPSA) is 82.6 Å². The van der Waals surface area contributed by atoms with Crippen LogP contribution in [0.15, 0.2) is 6.33 Å². The number of hydrogen-bond acceptors (Lipinski definition) is 7. The molecule has 0 spiro atoms. The van der Waals surface area contributed by atoms with Crippen molar-refractivity contribution in [2.75, 3.05) is 7.11 Å². The monoisotopic (exact) mass is 461 g/mol. The number of aromatic nitrogens is 2.